The zero-order valence-corrected chi connectivity index (χ0v) is 17.8. The number of nitrogens with one attached hydrogen (secondary N) is 1. The van der Waals surface area contributed by atoms with E-state index in [4.69, 9.17) is 11.6 Å². The van der Waals surface area contributed by atoms with E-state index in [0.717, 1.165) is 17.3 Å². The Kier molecular flexibility index (Phi) is 5.66. The number of benzene rings is 2. The lowest BCUT2D eigenvalue weighted by molar-refractivity contribution is -0.384. The number of amides is 2. The summed E-state index contributed by atoms with van der Waals surface area (Å²) in [6, 6.07) is 11.3. The molecule has 1 atom stereocenters. The molecule has 11 heteroatoms. The molecule has 1 aromatic heterocycles. The fourth-order valence-electron chi connectivity index (χ4n) is 3.39. The molecule has 2 amide bonds. The van der Waals surface area contributed by atoms with Crippen molar-refractivity contribution in [3.05, 3.63) is 73.7 Å². The van der Waals surface area contributed by atoms with Crippen molar-refractivity contribution in [1.82, 2.24) is 10.2 Å². The molecule has 1 aliphatic rings. The largest absolute Gasteiger partial charge is 0.311 e. The number of carbonyl (C=O) groups excluding carboxylic acids is 2. The molecule has 158 valence electrons. The fourth-order valence-corrected chi connectivity index (χ4v) is 4.48. The van der Waals surface area contributed by atoms with E-state index < -0.39 is 10.8 Å². The zero-order valence-electron chi connectivity index (χ0n) is 16.2. The third-order valence-electron chi connectivity index (χ3n) is 4.95. The van der Waals surface area contributed by atoms with Gasteiger partial charge in [0.25, 0.3) is 11.6 Å². The summed E-state index contributed by atoms with van der Waals surface area (Å²) >= 11 is 7.19. The number of nitro benzene ring substituents is 1. The zero-order chi connectivity index (χ0) is 22.1. The van der Waals surface area contributed by atoms with Crippen LogP contribution >= 0.6 is 22.9 Å². The molecule has 2 aromatic carbocycles. The normalized spacial score (nSPS) is 15.9. The highest BCUT2D eigenvalue weighted by Gasteiger charge is 2.34. The Morgan fingerprint density at radius 1 is 1.29 bits per heavy atom. The molecule has 31 heavy (non-hydrogen) atoms. The predicted molar refractivity (Wildman–Crippen MR) is 117 cm³/mol. The highest BCUT2D eigenvalue weighted by Crippen LogP contribution is 2.35. The van der Waals surface area contributed by atoms with Gasteiger partial charge in [-0.25, -0.2) is 0 Å². The summed E-state index contributed by atoms with van der Waals surface area (Å²) in [6.45, 7) is 2.44. The van der Waals surface area contributed by atoms with Gasteiger partial charge in [-0.05, 0) is 24.6 Å². The standard InChI is InChI=1S/C20H16ClN5O4S/c1-11-4-2-3-5-16(11)25-10-12(8-17(25)27)19-23-24-20(31-19)22-18(28)14-7-6-13(26(29)30)9-15(14)21/h2-7,9,12H,8,10H2,1H3,(H,22,24,28). The molecule has 4 rings (SSSR count). The smallest absolute Gasteiger partial charge is 0.270 e. The number of para-hydroxylation sites is 1. The number of rotatable bonds is 5. The number of aromatic nitrogens is 2. The van der Waals surface area contributed by atoms with Gasteiger partial charge in [-0.15, -0.1) is 10.2 Å². The van der Waals surface area contributed by atoms with Crippen LogP contribution in [0, 0.1) is 17.0 Å². The molecule has 1 unspecified atom stereocenters. The first kappa shape index (κ1) is 20.9. The summed E-state index contributed by atoms with van der Waals surface area (Å²) in [5.41, 5.74) is 1.78. The topological polar surface area (TPSA) is 118 Å². The van der Waals surface area contributed by atoms with Crippen molar-refractivity contribution in [3.8, 4) is 0 Å². The van der Waals surface area contributed by atoms with Gasteiger partial charge in [0, 0.05) is 36.7 Å². The van der Waals surface area contributed by atoms with Gasteiger partial charge in [-0.2, -0.15) is 0 Å². The van der Waals surface area contributed by atoms with E-state index in [1.165, 1.54) is 23.5 Å². The molecule has 0 radical (unpaired) electrons. The SMILES string of the molecule is Cc1ccccc1N1CC(c2nnc(NC(=O)c3ccc([N+](=O)[O-])cc3Cl)s2)CC1=O. The van der Waals surface area contributed by atoms with E-state index in [9.17, 15) is 19.7 Å². The Balaban J connectivity index is 1.46. The van der Waals surface area contributed by atoms with Gasteiger partial charge in [-0.1, -0.05) is 41.1 Å². The monoisotopic (exact) mass is 457 g/mol. The molecule has 1 aliphatic heterocycles. The minimum Gasteiger partial charge on any atom is -0.311 e. The van der Waals surface area contributed by atoms with E-state index in [1.807, 2.05) is 31.2 Å². The van der Waals surface area contributed by atoms with E-state index in [2.05, 4.69) is 15.5 Å². The molecule has 2 heterocycles. The number of non-ortho nitro benzene ring substituents is 1. The van der Waals surface area contributed by atoms with Crippen molar-refractivity contribution in [3.63, 3.8) is 0 Å². The van der Waals surface area contributed by atoms with E-state index >= 15 is 0 Å². The first-order valence-corrected chi connectivity index (χ1v) is 10.5. The lowest BCUT2D eigenvalue weighted by Crippen LogP contribution is -2.25. The van der Waals surface area contributed by atoms with Crippen molar-refractivity contribution in [2.45, 2.75) is 19.3 Å². The van der Waals surface area contributed by atoms with E-state index in [1.54, 1.807) is 4.90 Å². The lowest BCUT2D eigenvalue weighted by atomic mass is 10.1. The van der Waals surface area contributed by atoms with Gasteiger partial charge in [0.05, 0.1) is 15.5 Å². The maximum atomic E-state index is 12.5. The number of hydrogen-bond donors (Lipinski definition) is 1. The number of nitrogens with zero attached hydrogens (tertiary/aromatic N) is 4. The molecule has 3 aromatic rings. The lowest BCUT2D eigenvalue weighted by Gasteiger charge is -2.18. The molecule has 1 N–H and O–H groups in total. The molecule has 1 saturated heterocycles. The van der Waals surface area contributed by atoms with Crippen molar-refractivity contribution < 1.29 is 14.5 Å². The maximum Gasteiger partial charge on any atom is 0.270 e. The van der Waals surface area contributed by atoms with Crippen molar-refractivity contribution in [2.75, 3.05) is 16.8 Å². The maximum absolute atomic E-state index is 12.5. The van der Waals surface area contributed by atoms with Gasteiger partial charge >= 0.3 is 0 Å². The highest BCUT2D eigenvalue weighted by atomic mass is 35.5. The fraction of sp³-hybridized carbons (Fsp3) is 0.200. The minimum absolute atomic E-state index is 0.0118. The molecular formula is C20H16ClN5O4S. The average Bonchev–Trinajstić information content (AvgIpc) is 3.34. The Morgan fingerprint density at radius 2 is 2.06 bits per heavy atom. The Hall–Kier alpha value is -3.37. The summed E-state index contributed by atoms with van der Waals surface area (Å²) in [6.07, 6.45) is 0.311. The average molecular weight is 458 g/mol. The quantitative estimate of drug-likeness (QED) is 0.453. The summed E-state index contributed by atoms with van der Waals surface area (Å²) < 4.78 is 0. The molecule has 0 spiro atoms. The van der Waals surface area contributed by atoms with Gasteiger partial charge in [0.15, 0.2) is 0 Å². The van der Waals surface area contributed by atoms with Crippen LogP contribution in [0.25, 0.3) is 0 Å². The van der Waals surface area contributed by atoms with Crippen LogP contribution in [0.2, 0.25) is 5.02 Å². The Labute approximate surface area is 185 Å². The number of nitro groups is 1. The second-order valence-electron chi connectivity index (χ2n) is 7.01. The first-order valence-electron chi connectivity index (χ1n) is 9.28. The molecule has 1 fully saturated rings. The van der Waals surface area contributed by atoms with Gasteiger partial charge in [0.1, 0.15) is 5.01 Å². The third kappa shape index (κ3) is 4.25. The van der Waals surface area contributed by atoms with Crippen LogP contribution in [-0.4, -0.2) is 33.5 Å². The summed E-state index contributed by atoms with van der Waals surface area (Å²) in [5, 5.41) is 22.4. The van der Waals surface area contributed by atoms with Crippen LogP contribution < -0.4 is 10.2 Å². The summed E-state index contributed by atoms with van der Waals surface area (Å²) in [7, 11) is 0. The van der Waals surface area contributed by atoms with Gasteiger partial charge in [-0.3, -0.25) is 25.0 Å². The van der Waals surface area contributed by atoms with E-state index in [0.29, 0.717) is 18.0 Å². The number of halogens is 1. The first-order chi connectivity index (χ1) is 14.8. The second kappa shape index (κ2) is 8.40. The van der Waals surface area contributed by atoms with Crippen LogP contribution in [-0.2, 0) is 4.79 Å². The van der Waals surface area contributed by atoms with Crippen LogP contribution in [0.1, 0.15) is 33.3 Å². The molecular weight excluding hydrogens is 442 g/mol. The number of aryl methyl sites for hydroxylation is 1. The van der Waals surface area contributed by atoms with Crippen LogP contribution in [0.5, 0.6) is 0 Å². The third-order valence-corrected chi connectivity index (χ3v) is 6.26. The Morgan fingerprint density at radius 3 is 2.77 bits per heavy atom. The van der Waals surface area contributed by atoms with Crippen molar-refractivity contribution >= 4 is 51.3 Å². The predicted octanol–water partition coefficient (Wildman–Crippen LogP) is 4.18. The molecule has 0 saturated carbocycles. The molecule has 0 aliphatic carbocycles. The second-order valence-corrected chi connectivity index (χ2v) is 8.43. The Bertz CT molecular complexity index is 1200. The number of anilines is 2. The van der Waals surface area contributed by atoms with Crippen molar-refractivity contribution in [2.24, 2.45) is 0 Å². The number of carbonyl (C=O) groups is 2. The molecule has 0 bridgehead atoms. The van der Waals surface area contributed by atoms with Crippen LogP contribution in [0.15, 0.2) is 42.5 Å². The minimum atomic E-state index is -0.590. The van der Waals surface area contributed by atoms with E-state index in [-0.39, 0.29) is 33.2 Å². The highest BCUT2D eigenvalue weighted by molar-refractivity contribution is 7.15. The van der Waals surface area contributed by atoms with Gasteiger partial charge < -0.3 is 4.90 Å². The summed E-state index contributed by atoms with van der Waals surface area (Å²) in [5.74, 6) is -0.664. The van der Waals surface area contributed by atoms with Crippen molar-refractivity contribution in [1.29, 1.82) is 0 Å². The molecule has 9 nitrogen and oxygen atoms in total. The van der Waals surface area contributed by atoms with Gasteiger partial charge in [0.2, 0.25) is 11.0 Å². The summed E-state index contributed by atoms with van der Waals surface area (Å²) in [4.78, 5) is 37.0. The van der Waals surface area contributed by atoms with Crippen LogP contribution in [0.3, 0.4) is 0 Å². The number of hydrogen-bond acceptors (Lipinski definition) is 7. The van der Waals surface area contributed by atoms with Crippen LogP contribution in [0.4, 0.5) is 16.5 Å².